The van der Waals surface area contributed by atoms with Crippen molar-refractivity contribution in [2.75, 3.05) is 11.9 Å². The fraction of sp³-hybridized carbons (Fsp3) is 0.625. The van der Waals surface area contributed by atoms with Crippen LogP contribution in [-0.2, 0) is 6.42 Å². The van der Waals surface area contributed by atoms with Gasteiger partial charge in [0.15, 0.2) is 0 Å². The van der Waals surface area contributed by atoms with Gasteiger partial charge in [0.25, 0.3) is 0 Å². The molecule has 2 unspecified atom stereocenters. The van der Waals surface area contributed by atoms with Crippen molar-refractivity contribution in [3.05, 3.63) is 29.8 Å². The van der Waals surface area contributed by atoms with Crippen LogP contribution in [0.2, 0.25) is 0 Å². The highest BCUT2D eigenvalue weighted by Crippen LogP contribution is 2.28. The molecule has 100 valence electrons. The van der Waals surface area contributed by atoms with Gasteiger partial charge in [0.2, 0.25) is 0 Å². The molecular formula is C16H26N2. The predicted molar refractivity (Wildman–Crippen MR) is 78.9 cm³/mol. The minimum atomic E-state index is 0.571. The largest absolute Gasteiger partial charge is 0.382 e. The number of hydrogen-bond acceptors (Lipinski definition) is 2. The van der Waals surface area contributed by atoms with E-state index < -0.39 is 0 Å². The SMILES string of the molecule is CCCc1ccccc1NC1CCCCC1CN. The third-order valence-corrected chi connectivity index (χ3v) is 4.09. The van der Waals surface area contributed by atoms with Gasteiger partial charge in [-0.25, -0.2) is 0 Å². The molecule has 0 amide bonds. The van der Waals surface area contributed by atoms with Gasteiger partial charge < -0.3 is 11.1 Å². The Labute approximate surface area is 111 Å². The molecule has 0 heterocycles. The fourth-order valence-electron chi connectivity index (χ4n) is 3.03. The Morgan fingerprint density at radius 3 is 2.78 bits per heavy atom. The summed E-state index contributed by atoms with van der Waals surface area (Å²) in [5, 5.41) is 3.76. The number of para-hydroxylation sites is 1. The summed E-state index contributed by atoms with van der Waals surface area (Å²) in [6, 6.07) is 9.29. The normalized spacial score (nSPS) is 23.9. The molecule has 1 saturated carbocycles. The van der Waals surface area contributed by atoms with Gasteiger partial charge >= 0.3 is 0 Å². The Balaban J connectivity index is 2.07. The number of aryl methyl sites for hydroxylation is 1. The van der Waals surface area contributed by atoms with E-state index in [0.29, 0.717) is 12.0 Å². The van der Waals surface area contributed by atoms with Gasteiger partial charge in [-0.15, -0.1) is 0 Å². The minimum absolute atomic E-state index is 0.571. The fourth-order valence-corrected chi connectivity index (χ4v) is 3.03. The van der Waals surface area contributed by atoms with Crippen molar-refractivity contribution >= 4 is 5.69 Å². The first-order chi connectivity index (χ1) is 8.85. The summed E-state index contributed by atoms with van der Waals surface area (Å²) in [6.07, 6.45) is 7.58. The standard InChI is InChI=1S/C16H26N2/c1-2-7-13-8-3-5-10-15(13)18-16-11-6-4-9-14(16)12-17/h3,5,8,10,14,16,18H,2,4,6-7,9,11-12,17H2,1H3. The first kappa shape index (κ1) is 13.4. The lowest BCUT2D eigenvalue weighted by Gasteiger charge is -2.32. The van der Waals surface area contributed by atoms with Crippen LogP contribution < -0.4 is 11.1 Å². The molecule has 2 atom stereocenters. The summed E-state index contributed by atoms with van der Waals surface area (Å²) in [4.78, 5) is 0. The van der Waals surface area contributed by atoms with Crippen LogP contribution in [0, 0.1) is 5.92 Å². The van der Waals surface area contributed by atoms with Crippen molar-refractivity contribution in [2.24, 2.45) is 11.7 Å². The summed E-state index contributed by atoms with van der Waals surface area (Å²) >= 11 is 0. The van der Waals surface area contributed by atoms with E-state index in [9.17, 15) is 0 Å². The maximum absolute atomic E-state index is 5.90. The third kappa shape index (κ3) is 3.26. The molecule has 0 aromatic heterocycles. The molecule has 1 fully saturated rings. The van der Waals surface area contributed by atoms with E-state index in [-0.39, 0.29) is 0 Å². The average Bonchev–Trinajstić information content (AvgIpc) is 2.42. The van der Waals surface area contributed by atoms with E-state index >= 15 is 0 Å². The van der Waals surface area contributed by atoms with E-state index in [1.54, 1.807) is 0 Å². The Morgan fingerprint density at radius 2 is 2.00 bits per heavy atom. The van der Waals surface area contributed by atoms with Crippen LogP contribution in [-0.4, -0.2) is 12.6 Å². The Kier molecular flexibility index (Phi) is 5.06. The maximum atomic E-state index is 5.90. The molecular weight excluding hydrogens is 220 g/mol. The second kappa shape index (κ2) is 6.79. The second-order valence-electron chi connectivity index (χ2n) is 5.44. The summed E-state index contributed by atoms with van der Waals surface area (Å²) in [5.74, 6) is 0.647. The Bertz CT molecular complexity index is 362. The van der Waals surface area contributed by atoms with Gasteiger partial charge in [0.05, 0.1) is 0 Å². The summed E-state index contributed by atoms with van der Waals surface area (Å²) in [7, 11) is 0. The molecule has 2 heteroatoms. The van der Waals surface area contributed by atoms with Crippen molar-refractivity contribution in [1.82, 2.24) is 0 Å². The zero-order chi connectivity index (χ0) is 12.8. The van der Waals surface area contributed by atoms with Crippen molar-refractivity contribution in [3.8, 4) is 0 Å². The first-order valence-electron chi connectivity index (χ1n) is 7.39. The lowest BCUT2D eigenvalue weighted by Crippen LogP contribution is -2.36. The second-order valence-corrected chi connectivity index (χ2v) is 5.44. The molecule has 2 rings (SSSR count). The van der Waals surface area contributed by atoms with Crippen LogP contribution >= 0.6 is 0 Å². The first-order valence-corrected chi connectivity index (χ1v) is 7.39. The maximum Gasteiger partial charge on any atom is 0.0374 e. The molecule has 0 spiro atoms. The lowest BCUT2D eigenvalue weighted by molar-refractivity contribution is 0.332. The molecule has 0 aliphatic heterocycles. The van der Waals surface area contributed by atoms with Crippen LogP contribution in [0.4, 0.5) is 5.69 Å². The van der Waals surface area contributed by atoms with E-state index in [4.69, 9.17) is 5.73 Å². The molecule has 18 heavy (non-hydrogen) atoms. The monoisotopic (exact) mass is 246 g/mol. The minimum Gasteiger partial charge on any atom is -0.382 e. The number of anilines is 1. The third-order valence-electron chi connectivity index (χ3n) is 4.09. The van der Waals surface area contributed by atoms with Crippen molar-refractivity contribution < 1.29 is 0 Å². The van der Waals surface area contributed by atoms with Crippen LogP contribution in [0.25, 0.3) is 0 Å². The van der Waals surface area contributed by atoms with Crippen LogP contribution in [0.5, 0.6) is 0 Å². The number of rotatable bonds is 5. The van der Waals surface area contributed by atoms with Crippen molar-refractivity contribution in [1.29, 1.82) is 0 Å². The Hall–Kier alpha value is -1.02. The topological polar surface area (TPSA) is 38.0 Å². The van der Waals surface area contributed by atoms with E-state index in [0.717, 1.165) is 13.0 Å². The molecule has 1 aliphatic rings. The summed E-state index contributed by atoms with van der Waals surface area (Å²) < 4.78 is 0. The highest BCUT2D eigenvalue weighted by Gasteiger charge is 2.24. The molecule has 0 radical (unpaired) electrons. The van der Waals surface area contributed by atoms with Gasteiger partial charge in [0, 0.05) is 11.7 Å². The van der Waals surface area contributed by atoms with Gasteiger partial charge in [-0.3, -0.25) is 0 Å². The Morgan fingerprint density at radius 1 is 1.22 bits per heavy atom. The zero-order valence-corrected chi connectivity index (χ0v) is 11.5. The summed E-state index contributed by atoms with van der Waals surface area (Å²) in [5.41, 5.74) is 8.67. The lowest BCUT2D eigenvalue weighted by atomic mass is 9.84. The number of nitrogens with one attached hydrogen (secondary N) is 1. The average molecular weight is 246 g/mol. The highest BCUT2D eigenvalue weighted by molar-refractivity contribution is 5.52. The molecule has 1 aromatic carbocycles. The van der Waals surface area contributed by atoms with E-state index in [1.807, 2.05) is 0 Å². The van der Waals surface area contributed by atoms with Gasteiger partial charge in [-0.1, -0.05) is 44.4 Å². The molecule has 0 bridgehead atoms. The summed E-state index contributed by atoms with van der Waals surface area (Å²) in [6.45, 7) is 3.05. The molecule has 1 aliphatic carbocycles. The van der Waals surface area contributed by atoms with Gasteiger partial charge in [0.1, 0.15) is 0 Å². The quantitative estimate of drug-likeness (QED) is 0.833. The van der Waals surface area contributed by atoms with E-state index in [2.05, 4.69) is 36.5 Å². The predicted octanol–water partition coefficient (Wildman–Crippen LogP) is 3.57. The number of benzene rings is 1. The molecule has 3 N–H and O–H groups in total. The van der Waals surface area contributed by atoms with Crippen molar-refractivity contribution in [2.45, 2.75) is 51.5 Å². The highest BCUT2D eigenvalue weighted by atomic mass is 14.9. The molecule has 1 aromatic rings. The molecule has 2 nitrogen and oxygen atoms in total. The van der Waals surface area contributed by atoms with Crippen molar-refractivity contribution in [3.63, 3.8) is 0 Å². The zero-order valence-electron chi connectivity index (χ0n) is 11.5. The smallest absolute Gasteiger partial charge is 0.0374 e. The van der Waals surface area contributed by atoms with Crippen LogP contribution in [0.3, 0.4) is 0 Å². The number of nitrogens with two attached hydrogens (primary N) is 1. The van der Waals surface area contributed by atoms with Gasteiger partial charge in [-0.05, 0) is 43.4 Å². The van der Waals surface area contributed by atoms with E-state index in [1.165, 1.54) is 43.4 Å². The molecule has 0 saturated heterocycles. The van der Waals surface area contributed by atoms with Crippen LogP contribution in [0.1, 0.15) is 44.6 Å². The van der Waals surface area contributed by atoms with Gasteiger partial charge in [-0.2, -0.15) is 0 Å². The number of hydrogen-bond donors (Lipinski definition) is 2. The van der Waals surface area contributed by atoms with Crippen LogP contribution in [0.15, 0.2) is 24.3 Å².